The monoisotopic (exact) mass is 219 g/mol. The first-order valence-electron chi connectivity index (χ1n) is 6.52. The highest BCUT2D eigenvalue weighted by molar-refractivity contribution is 5.03. The van der Waals surface area contributed by atoms with Crippen LogP contribution in [0.2, 0.25) is 0 Å². The average Bonchev–Trinajstić information content (AvgIpc) is 2.42. The van der Waals surface area contributed by atoms with E-state index in [1.165, 1.54) is 51.4 Å². The van der Waals surface area contributed by atoms with Gasteiger partial charge in [-0.1, -0.05) is 38.5 Å². The van der Waals surface area contributed by atoms with Gasteiger partial charge in [0.15, 0.2) is 0 Å². The molecule has 3 nitrogen and oxygen atoms in total. The van der Waals surface area contributed by atoms with Gasteiger partial charge in [-0.15, -0.1) is 5.10 Å². The van der Waals surface area contributed by atoms with Gasteiger partial charge in [0.1, 0.15) is 5.82 Å². The Labute approximate surface area is 97.7 Å². The lowest BCUT2D eigenvalue weighted by molar-refractivity contribution is 0.522. The normalized spacial score (nSPS) is 19.8. The van der Waals surface area contributed by atoms with E-state index in [0.717, 1.165) is 11.5 Å². The highest BCUT2D eigenvalue weighted by Gasteiger charge is 2.14. The van der Waals surface area contributed by atoms with Crippen LogP contribution in [0.25, 0.3) is 0 Å². The van der Waals surface area contributed by atoms with Crippen LogP contribution in [0, 0.1) is 6.92 Å². The molecule has 0 aliphatic heterocycles. The molecular formula is C13H21N3. The summed E-state index contributed by atoms with van der Waals surface area (Å²) in [6, 6.07) is 0. The molecule has 1 fully saturated rings. The fourth-order valence-corrected chi connectivity index (χ4v) is 2.54. The number of nitrogens with zero attached hydrogens (tertiary/aromatic N) is 3. The van der Waals surface area contributed by atoms with Gasteiger partial charge in [-0.25, -0.2) is 4.98 Å². The third kappa shape index (κ3) is 3.26. The van der Waals surface area contributed by atoms with Crippen molar-refractivity contribution < 1.29 is 0 Å². The number of aromatic nitrogens is 3. The first kappa shape index (κ1) is 11.5. The van der Waals surface area contributed by atoms with E-state index in [9.17, 15) is 0 Å². The molecule has 0 bridgehead atoms. The summed E-state index contributed by atoms with van der Waals surface area (Å²) in [6.07, 6.45) is 12.7. The zero-order valence-corrected chi connectivity index (χ0v) is 10.2. The minimum atomic E-state index is 0.618. The molecule has 1 aliphatic carbocycles. The third-order valence-electron chi connectivity index (χ3n) is 3.46. The zero-order chi connectivity index (χ0) is 11.2. The summed E-state index contributed by atoms with van der Waals surface area (Å²) in [6.45, 7) is 1.92. The number of aryl methyl sites for hydroxylation is 1. The van der Waals surface area contributed by atoms with E-state index in [1.807, 2.05) is 13.1 Å². The van der Waals surface area contributed by atoms with Gasteiger partial charge in [0, 0.05) is 5.92 Å². The van der Waals surface area contributed by atoms with Crippen LogP contribution in [0.15, 0.2) is 6.20 Å². The lowest BCUT2D eigenvalue weighted by Crippen LogP contribution is -2.05. The van der Waals surface area contributed by atoms with E-state index < -0.39 is 0 Å². The minimum Gasteiger partial charge on any atom is -0.234 e. The van der Waals surface area contributed by atoms with Crippen LogP contribution in [0.4, 0.5) is 0 Å². The summed E-state index contributed by atoms with van der Waals surface area (Å²) >= 11 is 0. The smallest absolute Gasteiger partial charge is 0.148 e. The second kappa shape index (κ2) is 5.92. The molecule has 1 heterocycles. The van der Waals surface area contributed by atoms with E-state index >= 15 is 0 Å². The van der Waals surface area contributed by atoms with Crippen molar-refractivity contribution in [1.29, 1.82) is 0 Å². The largest absolute Gasteiger partial charge is 0.234 e. The van der Waals surface area contributed by atoms with E-state index in [4.69, 9.17) is 0 Å². The molecule has 0 atom stereocenters. The molecule has 1 saturated carbocycles. The number of hydrogen-bond donors (Lipinski definition) is 0. The van der Waals surface area contributed by atoms with Gasteiger partial charge in [-0.2, -0.15) is 5.10 Å². The lowest BCUT2D eigenvalue weighted by atomic mass is 9.94. The first-order valence-corrected chi connectivity index (χ1v) is 6.52. The van der Waals surface area contributed by atoms with Gasteiger partial charge in [0.2, 0.25) is 0 Å². The maximum absolute atomic E-state index is 4.53. The van der Waals surface area contributed by atoms with Crippen molar-refractivity contribution in [2.24, 2.45) is 0 Å². The van der Waals surface area contributed by atoms with Crippen LogP contribution in [0.1, 0.15) is 68.8 Å². The predicted octanol–water partition coefficient (Wildman–Crippen LogP) is 3.40. The Hall–Kier alpha value is -0.990. The van der Waals surface area contributed by atoms with Gasteiger partial charge < -0.3 is 0 Å². The fourth-order valence-electron chi connectivity index (χ4n) is 2.54. The Kier molecular flexibility index (Phi) is 4.25. The van der Waals surface area contributed by atoms with E-state index in [0.29, 0.717) is 5.92 Å². The summed E-state index contributed by atoms with van der Waals surface area (Å²) < 4.78 is 0. The molecule has 1 aliphatic rings. The maximum Gasteiger partial charge on any atom is 0.148 e. The molecule has 1 aromatic rings. The molecule has 0 amide bonds. The van der Waals surface area contributed by atoms with Crippen LogP contribution in [0.3, 0.4) is 0 Å². The molecule has 0 radical (unpaired) electrons. The van der Waals surface area contributed by atoms with E-state index in [2.05, 4.69) is 15.2 Å². The van der Waals surface area contributed by atoms with Gasteiger partial charge in [0.25, 0.3) is 0 Å². The van der Waals surface area contributed by atoms with Gasteiger partial charge in [0.05, 0.1) is 11.9 Å². The quantitative estimate of drug-likeness (QED) is 0.726. The van der Waals surface area contributed by atoms with Crippen molar-refractivity contribution in [1.82, 2.24) is 15.2 Å². The van der Waals surface area contributed by atoms with Gasteiger partial charge >= 0.3 is 0 Å². The summed E-state index contributed by atoms with van der Waals surface area (Å²) in [4.78, 5) is 4.53. The molecule has 0 unspecified atom stereocenters. The summed E-state index contributed by atoms with van der Waals surface area (Å²) in [5.41, 5.74) is 1.16. The lowest BCUT2D eigenvalue weighted by Gasteiger charge is -2.14. The number of rotatable bonds is 1. The Morgan fingerprint density at radius 2 is 1.62 bits per heavy atom. The van der Waals surface area contributed by atoms with E-state index in [1.54, 1.807) is 0 Å². The minimum absolute atomic E-state index is 0.618. The van der Waals surface area contributed by atoms with Crippen molar-refractivity contribution >= 4 is 0 Å². The topological polar surface area (TPSA) is 38.7 Å². The fraction of sp³-hybridized carbons (Fsp3) is 0.769. The highest BCUT2D eigenvalue weighted by atomic mass is 15.1. The van der Waals surface area contributed by atoms with Crippen molar-refractivity contribution in [3.8, 4) is 0 Å². The standard InChI is InChI=1S/C13H21N3/c1-11-15-13(10-14-16-11)12-8-6-4-2-3-5-7-9-12/h10,12H,2-9H2,1H3. The molecule has 0 N–H and O–H groups in total. The van der Waals surface area contributed by atoms with Crippen LogP contribution >= 0.6 is 0 Å². The molecule has 0 spiro atoms. The second-order valence-corrected chi connectivity index (χ2v) is 4.82. The molecule has 16 heavy (non-hydrogen) atoms. The Morgan fingerprint density at radius 3 is 2.25 bits per heavy atom. The highest BCUT2D eigenvalue weighted by Crippen LogP contribution is 2.28. The van der Waals surface area contributed by atoms with Crippen molar-refractivity contribution in [3.63, 3.8) is 0 Å². The third-order valence-corrected chi connectivity index (χ3v) is 3.46. The Morgan fingerprint density at radius 1 is 1.00 bits per heavy atom. The van der Waals surface area contributed by atoms with Crippen LogP contribution < -0.4 is 0 Å². The van der Waals surface area contributed by atoms with Crippen molar-refractivity contribution in [2.45, 2.75) is 64.2 Å². The van der Waals surface area contributed by atoms with Crippen LogP contribution in [-0.2, 0) is 0 Å². The van der Waals surface area contributed by atoms with E-state index in [-0.39, 0.29) is 0 Å². The maximum atomic E-state index is 4.53. The summed E-state index contributed by atoms with van der Waals surface area (Å²) in [5, 5.41) is 7.96. The van der Waals surface area contributed by atoms with Crippen LogP contribution in [-0.4, -0.2) is 15.2 Å². The zero-order valence-electron chi connectivity index (χ0n) is 10.2. The molecule has 3 heteroatoms. The second-order valence-electron chi connectivity index (χ2n) is 4.82. The SMILES string of the molecule is Cc1nncc(C2CCCCCCCC2)n1. The summed E-state index contributed by atoms with van der Waals surface area (Å²) in [5.74, 6) is 1.42. The molecule has 2 rings (SSSR count). The molecular weight excluding hydrogens is 198 g/mol. The first-order chi connectivity index (χ1) is 7.86. The predicted molar refractivity (Wildman–Crippen MR) is 64.2 cm³/mol. The molecule has 0 saturated heterocycles. The Balaban J connectivity index is 2.04. The van der Waals surface area contributed by atoms with Gasteiger partial charge in [-0.3, -0.25) is 0 Å². The average molecular weight is 219 g/mol. The van der Waals surface area contributed by atoms with Crippen LogP contribution in [0.5, 0.6) is 0 Å². The molecule has 0 aromatic carbocycles. The molecule has 88 valence electrons. The number of hydrogen-bond acceptors (Lipinski definition) is 3. The molecule has 1 aromatic heterocycles. The van der Waals surface area contributed by atoms with Gasteiger partial charge in [-0.05, 0) is 19.8 Å². The Bertz CT molecular complexity index is 315. The van der Waals surface area contributed by atoms with Crippen molar-refractivity contribution in [3.05, 3.63) is 17.7 Å². The van der Waals surface area contributed by atoms with Crippen molar-refractivity contribution in [2.75, 3.05) is 0 Å². The summed E-state index contributed by atoms with van der Waals surface area (Å²) in [7, 11) is 0.